The molecular formula is C12H20N6O2. The number of aryl methyl sites for hydroxylation is 1. The Kier molecular flexibility index (Phi) is 4.54. The minimum Gasteiger partial charge on any atom is -0.348 e. The molecule has 0 unspecified atom stereocenters. The lowest BCUT2D eigenvalue weighted by Crippen LogP contribution is -2.49. The summed E-state index contributed by atoms with van der Waals surface area (Å²) in [6, 6.07) is 0.0360. The van der Waals surface area contributed by atoms with Crippen molar-refractivity contribution in [2.75, 3.05) is 19.6 Å². The van der Waals surface area contributed by atoms with Gasteiger partial charge in [-0.05, 0) is 26.7 Å². The van der Waals surface area contributed by atoms with E-state index in [2.05, 4.69) is 26.0 Å². The Morgan fingerprint density at radius 3 is 2.60 bits per heavy atom. The van der Waals surface area contributed by atoms with Crippen molar-refractivity contribution in [3.8, 4) is 0 Å². The average molecular weight is 280 g/mol. The minimum atomic E-state index is -0.215. The molecule has 0 spiro atoms. The van der Waals surface area contributed by atoms with E-state index in [0.717, 1.165) is 12.8 Å². The van der Waals surface area contributed by atoms with Crippen molar-refractivity contribution in [2.45, 2.75) is 32.7 Å². The van der Waals surface area contributed by atoms with Gasteiger partial charge in [0.05, 0.1) is 5.69 Å². The number of aromatic amines is 1. The highest BCUT2D eigenvalue weighted by Crippen LogP contribution is 2.11. The molecule has 20 heavy (non-hydrogen) atoms. The molecule has 8 nitrogen and oxygen atoms in total. The molecule has 8 heteroatoms. The van der Waals surface area contributed by atoms with Crippen molar-refractivity contribution >= 4 is 11.9 Å². The second-order valence-corrected chi connectivity index (χ2v) is 4.83. The highest BCUT2D eigenvalue weighted by molar-refractivity contribution is 5.93. The lowest BCUT2D eigenvalue weighted by molar-refractivity contribution is 0.0912. The molecular weight excluding hydrogens is 260 g/mol. The number of hydrogen-bond donors (Lipinski definition) is 3. The summed E-state index contributed by atoms with van der Waals surface area (Å²) < 4.78 is 0. The van der Waals surface area contributed by atoms with E-state index in [9.17, 15) is 9.59 Å². The largest absolute Gasteiger partial charge is 0.348 e. The quantitative estimate of drug-likeness (QED) is 0.727. The van der Waals surface area contributed by atoms with Crippen LogP contribution in [0.5, 0.6) is 0 Å². The van der Waals surface area contributed by atoms with Gasteiger partial charge in [-0.3, -0.25) is 4.79 Å². The van der Waals surface area contributed by atoms with Crippen molar-refractivity contribution in [1.29, 1.82) is 0 Å². The molecule has 1 aromatic heterocycles. The zero-order valence-electron chi connectivity index (χ0n) is 11.8. The SMILES string of the molecule is CCNC(=O)N1CCC(NC(=O)c2n[nH]nc2C)CC1. The van der Waals surface area contributed by atoms with Gasteiger partial charge < -0.3 is 15.5 Å². The van der Waals surface area contributed by atoms with Crippen LogP contribution in [0.1, 0.15) is 35.9 Å². The van der Waals surface area contributed by atoms with Crippen LogP contribution in [-0.4, -0.2) is 57.9 Å². The molecule has 0 atom stereocenters. The third-order valence-electron chi connectivity index (χ3n) is 3.38. The highest BCUT2D eigenvalue weighted by atomic mass is 16.2. The number of amides is 3. The Balaban J connectivity index is 1.81. The molecule has 0 aliphatic carbocycles. The number of aromatic nitrogens is 3. The fourth-order valence-electron chi connectivity index (χ4n) is 2.24. The molecule has 2 rings (SSSR count). The van der Waals surface area contributed by atoms with Crippen LogP contribution in [0.4, 0.5) is 4.79 Å². The minimum absolute atomic E-state index is 0.0374. The fraction of sp³-hybridized carbons (Fsp3) is 0.667. The molecule has 0 aromatic carbocycles. The summed E-state index contributed by atoms with van der Waals surface area (Å²) in [7, 11) is 0. The van der Waals surface area contributed by atoms with Gasteiger partial charge in [-0.2, -0.15) is 15.4 Å². The van der Waals surface area contributed by atoms with Crippen LogP contribution < -0.4 is 10.6 Å². The summed E-state index contributed by atoms with van der Waals surface area (Å²) in [5.41, 5.74) is 0.915. The molecule has 1 aliphatic rings. The van der Waals surface area contributed by atoms with Crippen LogP contribution in [0.2, 0.25) is 0 Å². The maximum atomic E-state index is 12.0. The van der Waals surface area contributed by atoms with Gasteiger partial charge in [0.15, 0.2) is 5.69 Å². The average Bonchev–Trinajstić information content (AvgIpc) is 2.86. The predicted molar refractivity (Wildman–Crippen MR) is 72.3 cm³/mol. The van der Waals surface area contributed by atoms with Gasteiger partial charge in [0.2, 0.25) is 0 Å². The molecule has 1 aromatic rings. The molecule has 1 aliphatic heterocycles. The molecule has 2 heterocycles. The van der Waals surface area contributed by atoms with Crippen molar-refractivity contribution in [3.63, 3.8) is 0 Å². The second-order valence-electron chi connectivity index (χ2n) is 4.83. The van der Waals surface area contributed by atoms with Gasteiger partial charge in [0.25, 0.3) is 5.91 Å². The fourth-order valence-corrected chi connectivity index (χ4v) is 2.24. The molecule has 1 fully saturated rings. The van der Waals surface area contributed by atoms with Crippen LogP contribution in [0.3, 0.4) is 0 Å². The van der Waals surface area contributed by atoms with Crippen molar-refractivity contribution in [1.82, 2.24) is 30.9 Å². The van der Waals surface area contributed by atoms with Crippen LogP contribution in [-0.2, 0) is 0 Å². The number of nitrogens with zero attached hydrogens (tertiary/aromatic N) is 3. The number of carbonyl (C=O) groups is 2. The van der Waals surface area contributed by atoms with Crippen molar-refractivity contribution in [2.24, 2.45) is 0 Å². The number of hydrogen-bond acceptors (Lipinski definition) is 4. The molecule has 1 saturated heterocycles. The van der Waals surface area contributed by atoms with Gasteiger partial charge in [-0.25, -0.2) is 4.79 Å². The van der Waals surface area contributed by atoms with Crippen LogP contribution >= 0.6 is 0 Å². The first kappa shape index (κ1) is 14.3. The first-order valence-corrected chi connectivity index (χ1v) is 6.82. The summed E-state index contributed by atoms with van der Waals surface area (Å²) in [4.78, 5) is 25.4. The summed E-state index contributed by atoms with van der Waals surface area (Å²) in [5.74, 6) is -0.215. The van der Waals surface area contributed by atoms with Gasteiger partial charge in [-0.15, -0.1) is 0 Å². The van der Waals surface area contributed by atoms with E-state index in [1.54, 1.807) is 11.8 Å². The number of piperidine rings is 1. The lowest BCUT2D eigenvalue weighted by Gasteiger charge is -2.32. The molecule has 0 saturated carbocycles. The zero-order chi connectivity index (χ0) is 14.5. The Bertz CT molecular complexity index is 478. The molecule has 3 N–H and O–H groups in total. The van der Waals surface area contributed by atoms with Crippen molar-refractivity contribution < 1.29 is 9.59 Å². The zero-order valence-corrected chi connectivity index (χ0v) is 11.8. The number of carbonyl (C=O) groups excluding carboxylic acids is 2. The Hall–Kier alpha value is -2.12. The van der Waals surface area contributed by atoms with Crippen molar-refractivity contribution in [3.05, 3.63) is 11.4 Å². The van der Waals surface area contributed by atoms with Gasteiger partial charge >= 0.3 is 6.03 Å². The van der Waals surface area contributed by atoms with E-state index >= 15 is 0 Å². The third kappa shape index (κ3) is 3.25. The van der Waals surface area contributed by atoms with Gasteiger partial charge in [-0.1, -0.05) is 0 Å². The van der Waals surface area contributed by atoms with Crippen LogP contribution in [0.15, 0.2) is 0 Å². The summed E-state index contributed by atoms with van der Waals surface area (Å²) in [6.45, 7) is 5.55. The number of H-pyrrole nitrogens is 1. The van der Waals surface area contributed by atoms with Crippen LogP contribution in [0.25, 0.3) is 0 Å². The first-order valence-electron chi connectivity index (χ1n) is 6.82. The van der Waals surface area contributed by atoms with Crippen LogP contribution in [0, 0.1) is 6.92 Å². The normalized spacial score (nSPS) is 16.0. The second kappa shape index (κ2) is 6.36. The van der Waals surface area contributed by atoms with E-state index in [0.29, 0.717) is 31.0 Å². The number of likely N-dealkylation sites (tertiary alicyclic amines) is 1. The molecule has 3 amide bonds. The molecule has 0 bridgehead atoms. The molecule has 0 radical (unpaired) electrons. The third-order valence-corrected chi connectivity index (χ3v) is 3.38. The number of rotatable bonds is 3. The lowest BCUT2D eigenvalue weighted by atomic mass is 10.1. The van der Waals surface area contributed by atoms with E-state index in [1.165, 1.54) is 0 Å². The van der Waals surface area contributed by atoms with E-state index in [1.807, 2.05) is 6.92 Å². The molecule has 110 valence electrons. The Morgan fingerprint density at radius 1 is 1.35 bits per heavy atom. The maximum absolute atomic E-state index is 12.0. The number of urea groups is 1. The summed E-state index contributed by atoms with van der Waals surface area (Å²) in [6.07, 6.45) is 1.50. The van der Waals surface area contributed by atoms with E-state index in [-0.39, 0.29) is 18.0 Å². The predicted octanol–water partition coefficient (Wildman–Crippen LogP) is 0.0368. The smallest absolute Gasteiger partial charge is 0.317 e. The van der Waals surface area contributed by atoms with E-state index in [4.69, 9.17) is 0 Å². The Morgan fingerprint density at radius 2 is 2.05 bits per heavy atom. The topological polar surface area (TPSA) is 103 Å². The standard InChI is InChI=1S/C12H20N6O2/c1-3-13-12(20)18-6-4-9(5-7-18)14-11(19)10-8(2)15-17-16-10/h9H,3-7H2,1-2H3,(H,13,20)(H,14,19)(H,15,16,17). The highest BCUT2D eigenvalue weighted by Gasteiger charge is 2.24. The van der Waals surface area contributed by atoms with Gasteiger partial charge in [0.1, 0.15) is 0 Å². The maximum Gasteiger partial charge on any atom is 0.317 e. The monoisotopic (exact) mass is 280 g/mol. The Labute approximate surface area is 117 Å². The summed E-state index contributed by atoms with van der Waals surface area (Å²) in [5, 5.41) is 15.8. The number of nitrogens with one attached hydrogen (secondary N) is 3. The first-order chi connectivity index (χ1) is 9.61. The van der Waals surface area contributed by atoms with Gasteiger partial charge in [0, 0.05) is 25.7 Å². The van der Waals surface area contributed by atoms with E-state index < -0.39 is 0 Å². The summed E-state index contributed by atoms with van der Waals surface area (Å²) >= 11 is 0.